The SMILES string of the molecule is C=C(CCCCC(=O)Nc1cccc(C)n1)Nc1cccc(C)n1. The average molecular weight is 324 g/mol. The van der Waals surface area contributed by atoms with Crippen molar-refractivity contribution >= 4 is 17.5 Å². The Morgan fingerprint density at radius 1 is 0.917 bits per heavy atom. The second-order valence-corrected chi connectivity index (χ2v) is 5.81. The number of nitrogens with one attached hydrogen (secondary N) is 2. The number of pyridine rings is 2. The molecule has 0 aliphatic rings. The van der Waals surface area contributed by atoms with Gasteiger partial charge in [-0.3, -0.25) is 4.79 Å². The number of amides is 1. The summed E-state index contributed by atoms with van der Waals surface area (Å²) in [6.07, 6.45) is 2.99. The first-order valence-corrected chi connectivity index (χ1v) is 8.15. The maximum absolute atomic E-state index is 11.9. The molecule has 0 fully saturated rings. The lowest BCUT2D eigenvalue weighted by Crippen LogP contribution is -2.12. The van der Waals surface area contributed by atoms with E-state index >= 15 is 0 Å². The largest absolute Gasteiger partial charge is 0.344 e. The minimum atomic E-state index is -0.00739. The Morgan fingerprint density at radius 2 is 1.46 bits per heavy atom. The molecule has 2 N–H and O–H groups in total. The van der Waals surface area contributed by atoms with Crippen LogP contribution in [0.2, 0.25) is 0 Å². The van der Waals surface area contributed by atoms with Crippen molar-refractivity contribution in [2.24, 2.45) is 0 Å². The first kappa shape index (κ1) is 17.7. The van der Waals surface area contributed by atoms with E-state index in [0.29, 0.717) is 12.2 Å². The number of aryl methyl sites for hydroxylation is 2. The monoisotopic (exact) mass is 324 g/mol. The fourth-order valence-corrected chi connectivity index (χ4v) is 2.30. The standard InChI is InChI=1S/C19H24N4O/c1-14(20-17-11-6-9-15(2)21-17)8-4-5-13-19(24)23-18-12-7-10-16(3)22-18/h6-7,9-12H,1,4-5,8,13H2,2-3H3,(H,20,21)(H,22,23,24). The summed E-state index contributed by atoms with van der Waals surface area (Å²) in [4.78, 5) is 20.5. The van der Waals surface area contributed by atoms with E-state index in [1.165, 1.54) is 0 Å². The van der Waals surface area contributed by atoms with Crippen LogP contribution in [-0.2, 0) is 4.79 Å². The van der Waals surface area contributed by atoms with E-state index in [1.54, 1.807) is 6.07 Å². The number of carbonyl (C=O) groups is 1. The number of aromatic nitrogens is 2. The zero-order valence-corrected chi connectivity index (χ0v) is 14.3. The van der Waals surface area contributed by atoms with Gasteiger partial charge in [0, 0.05) is 23.5 Å². The summed E-state index contributed by atoms with van der Waals surface area (Å²) in [6, 6.07) is 11.4. The van der Waals surface area contributed by atoms with Crippen LogP contribution >= 0.6 is 0 Å². The molecule has 2 aromatic rings. The highest BCUT2D eigenvalue weighted by Gasteiger charge is 2.04. The molecule has 0 atom stereocenters. The Hall–Kier alpha value is -2.69. The normalized spacial score (nSPS) is 10.2. The fraction of sp³-hybridized carbons (Fsp3) is 0.316. The first-order chi connectivity index (χ1) is 11.5. The van der Waals surface area contributed by atoms with Crippen LogP contribution in [0.15, 0.2) is 48.7 Å². The summed E-state index contributed by atoms with van der Waals surface area (Å²) < 4.78 is 0. The number of anilines is 2. The van der Waals surface area contributed by atoms with Crippen molar-refractivity contribution in [3.8, 4) is 0 Å². The van der Waals surface area contributed by atoms with E-state index in [1.807, 2.05) is 44.2 Å². The Labute approximate surface area is 143 Å². The van der Waals surface area contributed by atoms with Crippen molar-refractivity contribution < 1.29 is 4.79 Å². The molecule has 126 valence electrons. The molecule has 0 spiro atoms. The van der Waals surface area contributed by atoms with Crippen molar-refractivity contribution in [2.75, 3.05) is 10.6 Å². The number of hydrogen-bond donors (Lipinski definition) is 2. The molecule has 0 aliphatic carbocycles. The highest BCUT2D eigenvalue weighted by Crippen LogP contribution is 2.12. The van der Waals surface area contributed by atoms with Crippen molar-refractivity contribution in [3.05, 3.63) is 60.1 Å². The van der Waals surface area contributed by atoms with Crippen LogP contribution in [-0.4, -0.2) is 15.9 Å². The average Bonchev–Trinajstić information content (AvgIpc) is 2.51. The highest BCUT2D eigenvalue weighted by atomic mass is 16.1. The maximum Gasteiger partial charge on any atom is 0.225 e. The molecule has 0 bridgehead atoms. The predicted octanol–water partition coefficient (Wildman–Crippen LogP) is 4.22. The van der Waals surface area contributed by atoms with Gasteiger partial charge in [0.2, 0.25) is 5.91 Å². The van der Waals surface area contributed by atoms with Gasteiger partial charge in [-0.05, 0) is 57.4 Å². The van der Waals surface area contributed by atoms with Gasteiger partial charge in [-0.2, -0.15) is 0 Å². The van der Waals surface area contributed by atoms with Crippen LogP contribution < -0.4 is 10.6 Å². The van der Waals surface area contributed by atoms with Crippen LogP contribution in [0.25, 0.3) is 0 Å². The fourth-order valence-electron chi connectivity index (χ4n) is 2.30. The second kappa shape index (κ2) is 8.82. The van der Waals surface area contributed by atoms with Gasteiger partial charge in [0.05, 0.1) is 0 Å². The van der Waals surface area contributed by atoms with Gasteiger partial charge in [0.1, 0.15) is 11.6 Å². The number of rotatable bonds is 8. The molecule has 0 aromatic carbocycles. The molecule has 0 unspecified atom stereocenters. The number of hydrogen-bond acceptors (Lipinski definition) is 4. The molecular weight excluding hydrogens is 300 g/mol. The van der Waals surface area contributed by atoms with Crippen LogP contribution in [0, 0.1) is 13.8 Å². The van der Waals surface area contributed by atoms with Gasteiger partial charge in [-0.25, -0.2) is 9.97 Å². The lowest BCUT2D eigenvalue weighted by molar-refractivity contribution is -0.116. The van der Waals surface area contributed by atoms with E-state index < -0.39 is 0 Å². The molecule has 5 heteroatoms. The van der Waals surface area contributed by atoms with Gasteiger partial charge in [-0.15, -0.1) is 0 Å². The highest BCUT2D eigenvalue weighted by molar-refractivity contribution is 5.89. The third-order valence-corrected chi connectivity index (χ3v) is 3.48. The van der Waals surface area contributed by atoms with Crippen molar-refractivity contribution in [1.29, 1.82) is 0 Å². The van der Waals surface area contributed by atoms with Gasteiger partial charge >= 0.3 is 0 Å². The van der Waals surface area contributed by atoms with Crippen molar-refractivity contribution in [3.63, 3.8) is 0 Å². The number of unbranched alkanes of at least 4 members (excludes halogenated alkanes) is 1. The number of allylic oxidation sites excluding steroid dienone is 1. The topological polar surface area (TPSA) is 66.9 Å². The van der Waals surface area contributed by atoms with Crippen LogP contribution in [0.1, 0.15) is 37.1 Å². The summed E-state index contributed by atoms with van der Waals surface area (Å²) in [7, 11) is 0. The van der Waals surface area contributed by atoms with E-state index in [9.17, 15) is 4.79 Å². The van der Waals surface area contributed by atoms with Crippen LogP contribution in [0.3, 0.4) is 0 Å². The summed E-state index contributed by atoms with van der Waals surface area (Å²) in [5.74, 6) is 1.41. The zero-order chi connectivity index (χ0) is 17.4. The van der Waals surface area contributed by atoms with Crippen LogP contribution in [0.4, 0.5) is 11.6 Å². The molecule has 0 aliphatic heterocycles. The first-order valence-electron chi connectivity index (χ1n) is 8.15. The molecule has 1 amide bonds. The smallest absolute Gasteiger partial charge is 0.225 e. The third kappa shape index (κ3) is 6.20. The predicted molar refractivity (Wildman–Crippen MR) is 97.8 cm³/mol. The number of nitrogens with zero attached hydrogens (tertiary/aromatic N) is 2. The molecule has 0 saturated carbocycles. The minimum Gasteiger partial charge on any atom is -0.344 e. The molecule has 24 heavy (non-hydrogen) atoms. The van der Waals surface area contributed by atoms with Crippen molar-refractivity contribution in [1.82, 2.24) is 9.97 Å². The number of carbonyl (C=O) groups excluding carboxylic acids is 1. The van der Waals surface area contributed by atoms with Gasteiger partial charge in [0.25, 0.3) is 0 Å². The Morgan fingerprint density at radius 3 is 2.04 bits per heavy atom. The van der Waals surface area contributed by atoms with E-state index in [-0.39, 0.29) is 5.91 Å². The van der Waals surface area contributed by atoms with Crippen LogP contribution in [0.5, 0.6) is 0 Å². The van der Waals surface area contributed by atoms with E-state index in [2.05, 4.69) is 27.2 Å². The van der Waals surface area contributed by atoms with E-state index in [0.717, 1.165) is 42.2 Å². The summed E-state index contributed by atoms with van der Waals surface area (Å²) in [5, 5.41) is 6.02. The van der Waals surface area contributed by atoms with Gasteiger partial charge in [-0.1, -0.05) is 18.7 Å². The molecule has 0 saturated heterocycles. The molecule has 5 nitrogen and oxygen atoms in total. The minimum absolute atomic E-state index is 0.00739. The quantitative estimate of drug-likeness (QED) is 0.714. The van der Waals surface area contributed by atoms with Gasteiger partial charge < -0.3 is 10.6 Å². The van der Waals surface area contributed by atoms with E-state index in [4.69, 9.17) is 0 Å². The Bertz CT molecular complexity index is 651. The second-order valence-electron chi connectivity index (χ2n) is 5.81. The molecule has 2 rings (SSSR count). The molecule has 2 aromatic heterocycles. The molecular formula is C19H24N4O. The zero-order valence-electron chi connectivity index (χ0n) is 14.3. The maximum atomic E-state index is 11.9. The summed E-state index contributed by atoms with van der Waals surface area (Å²) in [6.45, 7) is 7.87. The lowest BCUT2D eigenvalue weighted by Gasteiger charge is -2.09. The lowest BCUT2D eigenvalue weighted by atomic mass is 10.1. The van der Waals surface area contributed by atoms with Gasteiger partial charge in [0.15, 0.2) is 0 Å². The summed E-state index contributed by atoms with van der Waals surface area (Å²) in [5.41, 5.74) is 2.77. The molecule has 2 heterocycles. The van der Waals surface area contributed by atoms with Crippen molar-refractivity contribution in [2.45, 2.75) is 39.5 Å². The third-order valence-electron chi connectivity index (χ3n) is 3.48. The Balaban J connectivity index is 1.65. The molecule has 0 radical (unpaired) electrons. The Kier molecular flexibility index (Phi) is 6.49. The summed E-state index contributed by atoms with van der Waals surface area (Å²) >= 11 is 0.